The average Bonchev–Trinajstić information content (AvgIpc) is 2.65. The van der Waals surface area contributed by atoms with Gasteiger partial charge in [-0.15, -0.1) is 0 Å². The van der Waals surface area contributed by atoms with E-state index in [2.05, 4.69) is 66.1 Å². The number of carbonyl (C=O) groups excluding carboxylic acids is 1. The number of nitrogens with zero attached hydrogens (tertiary/aromatic N) is 2. The third-order valence-corrected chi connectivity index (χ3v) is 4.62. The Kier molecular flexibility index (Phi) is 9.00. The number of pyridine rings is 2. The maximum absolute atomic E-state index is 11.1. The summed E-state index contributed by atoms with van der Waals surface area (Å²) in [5.41, 5.74) is 1.60. The second-order valence-electron chi connectivity index (χ2n) is 5.27. The van der Waals surface area contributed by atoms with Gasteiger partial charge in [0.05, 0.1) is 17.0 Å². The number of benzene rings is 2. The maximum Gasteiger partial charge on any atom is 2.00 e. The molecule has 0 saturated carbocycles. The number of carboxylic acid groups (broad SMARTS) is 1. The second kappa shape index (κ2) is 10.5. The maximum atomic E-state index is 11.1. The van der Waals surface area contributed by atoms with Crippen molar-refractivity contribution in [2.45, 2.75) is 0 Å². The summed E-state index contributed by atoms with van der Waals surface area (Å²) in [6, 6.07) is 14.8. The standard InChI is InChI=1S/C12H8N2.C7H4Br2O3.Cu.H2O/c1-3-9-5-6-10-4-2-8-14-12(10)11(9)13-7-1;8-3-1-4(7(11)12)6(10)5(9)2-3;;/h1-8H;1-2,10H,(H,11,12);;1H2/q;;+2;/p-2. The van der Waals surface area contributed by atoms with E-state index in [1.165, 1.54) is 12.1 Å². The van der Waals surface area contributed by atoms with E-state index >= 15 is 0 Å². The fourth-order valence-corrected chi connectivity index (χ4v) is 3.62. The molecule has 9 heteroatoms. The van der Waals surface area contributed by atoms with Gasteiger partial charge in [0.15, 0.2) is 0 Å². The van der Waals surface area contributed by atoms with E-state index in [9.17, 15) is 15.0 Å². The van der Waals surface area contributed by atoms with Gasteiger partial charge in [-0.05, 0) is 29.8 Å². The number of hydrogen-bond acceptors (Lipinski definition) is 5. The number of carbonyl (C=O) groups is 1. The Bertz CT molecular complexity index is 1070. The molecule has 6 nitrogen and oxygen atoms in total. The molecule has 0 fully saturated rings. The van der Waals surface area contributed by atoms with E-state index in [4.69, 9.17) is 0 Å². The van der Waals surface area contributed by atoms with Gasteiger partial charge >= 0.3 is 17.1 Å². The molecule has 1 radical (unpaired) electrons. The molecule has 2 N–H and O–H groups in total. The summed E-state index contributed by atoms with van der Waals surface area (Å²) < 4.78 is 0.726. The molecule has 4 aromatic rings. The van der Waals surface area contributed by atoms with Gasteiger partial charge in [0, 0.05) is 32.1 Å². The normalized spacial score (nSPS) is 9.64. The van der Waals surface area contributed by atoms with Crippen molar-refractivity contribution >= 4 is 59.6 Å². The van der Waals surface area contributed by atoms with Crippen LogP contribution in [0.25, 0.3) is 21.8 Å². The predicted octanol–water partition coefficient (Wildman–Crippen LogP) is 2.60. The van der Waals surface area contributed by atoms with Crippen LogP contribution in [0, 0.1) is 0 Å². The Morgan fingerprint density at radius 2 is 1.39 bits per heavy atom. The minimum absolute atomic E-state index is 0. The van der Waals surface area contributed by atoms with E-state index in [1.54, 1.807) is 12.4 Å². The van der Waals surface area contributed by atoms with Gasteiger partial charge in [-0.2, -0.15) is 0 Å². The number of fused-ring (bicyclic) bond motifs is 3. The van der Waals surface area contributed by atoms with Crippen LogP contribution in [0.1, 0.15) is 10.4 Å². The summed E-state index contributed by atoms with van der Waals surface area (Å²) in [6.07, 6.45) is 3.60. The van der Waals surface area contributed by atoms with Crippen molar-refractivity contribution < 1.29 is 37.6 Å². The van der Waals surface area contributed by atoms with Crippen LogP contribution in [-0.2, 0) is 17.1 Å². The van der Waals surface area contributed by atoms with Crippen molar-refractivity contribution in [1.82, 2.24) is 9.97 Å². The number of halogens is 2. The van der Waals surface area contributed by atoms with Crippen LogP contribution in [0.15, 0.2) is 69.9 Å². The first-order valence-corrected chi connectivity index (χ1v) is 9.02. The molecule has 0 bridgehead atoms. The van der Waals surface area contributed by atoms with E-state index < -0.39 is 11.7 Å². The average molecular weight is 556 g/mol. The van der Waals surface area contributed by atoms with Gasteiger partial charge in [0.2, 0.25) is 0 Å². The molecule has 2 aromatic carbocycles. The summed E-state index contributed by atoms with van der Waals surface area (Å²) in [5.74, 6) is -2.04. The van der Waals surface area contributed by atoms with Gasteiger partial charge in [0.1, 0.15) is 0 Å². The Morgan fingerprint density at radius 1 is 0.893 bits per heavy atom. The first-order chi connectivity index (χ1) is 12.5. The zero-order valence-corrected chi connectivity index (χ0v) is 18.1. The fraction of sp³-hybridized carbons (Fsp3) is 0. The zero-order chi connectivity index (χ0) is 18.7. The van der Waals surface area contributed by atoms with Crippen LogP contribution in [0.3, 0.4) is 0 Å². The Morgan fingerprint density at radius 3 is 1.86 bits per heavy atom. The first kappa shape index (κ1) is 24.0. The van der Waals surface area contributed by atoms with Crippen LogP contribution >= 0.6 is 31.9 Å². The Labute approximate surface area is 187 Å². The second-order valence-corrected chi connectivity index (χ2v) is 7.04. The van der Waals surface area contributed by atoms with Crippen LogP contribution in [0.2, 0.25) is 0 Å². The summed E-state index contributed by atoms with van der Waals surface area (Å²) in [6.45, 7) is 0. The first-order valence-electron chi connectivity index (χ1n) is 7.43. The Hall–Kier alpha value is -2.03. The SMILES string of the molecule is O.O=C([O-])c1cc(Br)cc(Br)c1[O-].[Cu+2].c1cnc2c(c1)ccc1cccnc12. The van der Waals surface area contributed by atoms with Gasteiger partial charge in [-0.1, -0.05) is 61.9 Å². The zero-order valence-electron chi connectivity index (χ0n) is 14.0. The largest absolute Gasteiger partial charge is 2.00 e. The molecule has 2 aromatic heterocycles. The third-order valence-electron chi connectivity index (χ3n) is 3.57. The minimum atomic E-state index is -1.47. The van der Waals surface area contributed by atoms with Crippen LogP contribution in [0.4, 0.5) is 0 Å². The molecule has 0 aliphatic carbocycles. The van der Waals surface area contributed by atoms with E-state index in [0.29, 0.717) is 4.47 Å². The summed E-state index contributed by atoms with van der Waals surface area (Å²) in [7, 11) is 0. The molecule has 0 spiro atoms. The van der Waals surface area contributed by atoms with Crippen LogP contribution in [-0.4, -0.2) is 21.4 Å². The molecular formula is C19H12Br2CuN2O4. The van der Waals surface area contributed by atoms with Crippen molar-refractivity contribution in [1.29, 1.82) is 0 Å². The molecule has 0 saturated heterocycles. The van der Waals surface area contributed by atoms with E-state index in [0.717, 1.165) is 21.8 Å². The molecule has 0 amide bonds. The molecule has 0 atom stereocenters. The predicted molar refractivity (Wildman–Crippen MR) is 106 cm³/mol. The van der Waals surface area contributed by atoms with Crippen LogP contribution < -0.4 is 10.2 Å². The van der Waals surface area contributed by atoms with Gasteiger partial charge in [-0.25, -0.2) is 0 Å². The Balaban J connectivity index is 0.000000265. The smallest absolute Gasteiger partial charge is 0.871 e. The molecule has 147 valence electrons. The van der Waals surface area contributed by atoms with Gasteiger partial charge < -0.3 is 20.5 Å². The van der Waals surface area contributed by atoms with Crippen molar-refractivity contribution in [3.8, 4) is 5.75 Å². The summed E-state index contributed by atoms with van der Waals surface area (Å²) >= 11 is 5.99. The number of hydrogen-bond donors (Lipinski definition) is 0. The molecule has 0 aliphatic rings. The van der Waals surface area contributed by atoms with E-state index in [-0.39, 0.29) is 32.6 Å². The molecule has 4 rings (SSSR count). The van der Waals surface area contributed by atoms with Crippen molar-refractivity contribution in [3.63, 3.8) is 0 Å². The number of carboxylic acids is 1. The quantitative estimate of drug-likeness (QED) is 0.264. The molecule has 0 unspecified atom stereocenters. The fourth-order valence-electron chi connectivity index (χ4n) is 2.39. The third kappa shape index (κ3) is 5.27. The number of rotatable bonds is 1. The number of aromatic nitrogens is 2. The van der Waals surface area contributed by atoms with Crippen molar-refractivity contribution in [2.24, 2.45) is 0 Å². The molecule has 28 heavy (non-hydrogen) atoms. The topological polar surface area (TPSA) is 120 Å². The molecule has 0 aliphatic heterocycles. The number of aromatic carboxylic acids is 1. The van der Waals surface area contributed by atoms with Gasteiger partial charge in [-0.3, -0.25) is 9.97 Å². The summed E-state index contributed by atoms with van der Waals surface area (Å²) in [5, 5.41) is 23.7. The summed E-state index contributed by atoms with van der Waals surface area (Å²) in [4.78, 5) is 19.1. The molecule has 2 heterocycles. The van der Waals surface area contributed by atoms with Crippen molar-refractivity contribution in [2.75, 3.05) is 0 Å². The van der Waals surface area contributed by atoms with Crippen molar-refractivity contribution in [3.05, 3.63) is 75.4 Å². The van der Waals surface area contributed by atoms with Gasteiger partial charge in [0.25, 0.3) is 0 Å². The minimum Gasteiger partial charge on any atom is -0.871 e. The van der Waals surface area contributed by atoms with E-state index in [1.807, 2.05) is 12.1 Å². The van der Waals surface area contributed by atoms with Crippen LogP contribution in [0.5, 0.6) is 5.75 Å². The monoisotopic (exact) mass is 553 g/mol. The molecular weight excluding hydrogens is 544 g/mol.